The number of hydrogen-bond donors (Lipinski definition) is 2. The van der Waals surface area contributed by atoms with Crippen molar-refractivity contribution in [3.8, 4) is 0 Å². The van der Waals surface area contributed by atoms with E-state index in [4.69, 9.17) is 4.74 Å². The van der Waals surface area contributed by atoms with E-state index >= 15 is 0 Å². The van der Waals surface area contributed by atoms with Crippen LogP contribution in [0.1, 0.15) is 23.4 Å². The van der Waals surface area contributed by atoms with Gasteiger partial charge in [0.15, 0.2) is 5.96 Å². The molecule has 0 radical (unpaired) electrons. The Bertz CT molecular complexity index is 982. The number of hydrogen-bond acceptors (Lipinski definition) is 3. The van der Waals surface area contributed by atoms with Crippen LogP contribution < -0.4 is 10.6 Å². The number of aliphatic imine (C=N–C) groups is 1. The summed E-state index contributed by atoms with van der Waals surface area (Å²) in [5.41, 5.74) is 3.72. The molecule has 0 unspecified atom stereocenters. The third kappa shape index (κ3) is 5.32. The number of aromatic nitrogens is 2. The van der Waals surface area contributed by atoms with Crippen LogP contribution in [-0.2, 0) is 24.4 Å². The monoisotopic (exact) mass is 397 g/mol. The number of benzene rings is 2. The predicted octanol–water partition coefficient (Wildman–Crippen LogP) is 3.39. The summed E-state index contributed by atoms with van der Waals surface area (Å²) in [6.07, 6.45) is 0.941. The van der Waals surface area contributed by atoms with E-state index in [2.05, 4.69) is 31.2 Å². The molecule has 29 heavy (non-hydrogen) atoms. The molecule has 3 aromatic rings. The van der Waals surface area contributed by atoms with Gasteiger partial charge in [0.2, 0.25) is 0 Å². The van der Waals surface area contributed by atoms with E-state index in [9.17, 15) is 4.39 Å². The van der Waals surface area contributed by atoms with Gasteiger partial charge in [-0.2, -0.15) is 0 Å². The SMILES string of the molecule is CN=C(NCCCn1c(C)nc2ccccc21)NCc1ccc(F)c(COC)c1. The number of rotatable bonds is 8. The molecule has 0 aliphatic rings. The van der Waals surface area contributed by atoms with Crippen LogP contribution in [0.3, 0.4) is 0 Å². The molecule has 0 saturated carbocycles. The van der Waals surface area contributed by atoms with Gasteiger partial charge in [-0.3, -0.25) is 4.99 Å². The average Bonchev–Trinajstić information content (AvgIpc) is 3.05. The van der Waals surface area contributed by atoms with Crippen molar-refractivity contribution in [1.82, 2.24) is 20.2 Å². The molecule has 2 aromatic carbocycles. The second-order valence-electron chi connectivity index (χ2n) is 6.86. The standard InChI is InChI=1S/C22H28FN5O/c1-16-27-20-7-4-5-8-21(20)28(16)12-6-11-25-22(24-2)26-14-17-9-10-19(23)18(13-17)15-29-3/h4-5,7-10,13H,6,11-12,14-15H2,1-3H3,(H2,24,25,26). The van der Waals surface area contributed by atoms with Crippen molar-refractivity contribution >= 4 is 17.0 Å². The lowest BCUT2D eigenvalue weighted by Crippen LogP contribution is -2.37. The van der Waals surface area contributed by atoms with Gasteiger partial charge in [0.1, 0.15) is 11.6 Å². The Morgan fingerprint density at radius 2 is 2.03 bits per heavy atom. The van der Waals surface area contributed by atoms with Gasteiger partial charge in [0.05, 0.1) is 17.6 Å². The van der Waals surface area contributed by atoms with E-state index < -0.39 is 0 Å². The Morgan fingerprint density at radius 3 is 2.83 bits per heavy atom. The largest absolute Gasteiger partial charge is 0.380 e. The number of methoxy groups -OCH3 is 1. The Labute approximate surface area is 170 Å². The molecule has 1 aromatic heterocycles. The number of guanidine groups is 1. The molecule has 0 spiro atoms. The summed E-state index contributed by atoms with van der Waals surface area (Å²) in [7, 11) is 3.30. The Hall–Kier alpha value is -2.93. The minimum absolute atomic E-state index is 0.250. The first-order valence-corrected chi connectivity index (χ1v) is 9.75. The number of fused-ring (bicyclic) bond motifs is 1. The molecular formula is C22H28FN5O. The number of para-hydroxylation sites is 2. The molecule has 154 valence electrons. The molecule has 0 amide bonds. The highest BCUT2D eigenvalue weighted by Gasteiger charge is 2.07. The molecular weight excluding hydrogens is 369 g/mol. The number of imidazole rings is 1. The van der Waals surface area contributed by atoms with Crippen molar-refractivity contribution in [2.45, 2.75) is 33.0 Å². The van der Waals surface area contributed by atoms with Crippen LogP contribution in [-0.4, -0.2) is 36.2 Å². The molecule has 3 rings (SSSR count). The van der Waals surface area contributed by atoms with E-state index in [1.165, 1.54) is 6.07 Å². The van der Waals surface area contributed by atoms with E-state index in [-0.39, 0.29) is 12.4 Å². The lowest BCUT2D eigenvalue weighted by Gasteiger charge is -2.13. The molecule has 0 atom stereocenters. The highest BCUT2D eigenvalue weighted by molar-refractivity contribution is 5.79. The lowest BCUT2D eigenvalue weighted by molar-refractivity contribution is 0.181. The second kappa shape index (κ2) is 10.0. The van der Waals surface area contributed by atoms with Crippen LogP contribution in [0.4, 0.5) is 4.39 Å². The Morgan fingerprint density at radius 1 is 1.21 bits per heavy atom. The summed E-state index contributed by atoms with van der Waals surface area (Å²) >= 11 is 0. The predicted molar refractivity (Wildman–Crippen MR) is 114 cm³/mol. The fraction of sp³-hybridized carbons (Fsp3) is 0.364. The van der Waals surface area contributed by atoms with Gasteiger partial charge in [-0.05, 0) is 43.2 Å². The van der Waals surface area contributed by atoms with Crippen LogP contribution in [0.2, 0.25) is 0 Å². The van der Waals surface area contributed by atoms with E-state index in [1.54, 1.807) is 20.2 Å². The number of nitrogens with one attached hydrogen (secondary N) is 2. The van der Waals surface area contributed by atoms with Crippen molar-refractivity contribution in [3.05, 3.63) is 65.2 Å². The van der Waals surface area contributed by atoms with Crippen molar-refractivity contribution in [1.29, 1.82) is 0 Å². The van der Waals surface area contributed by atoms with E-state index in [1.807, 2.05) is 31.2 Å². The minimum Gasteiger partial charge on any atom is -0.380 e. The topological polar surface area (TPSA) is 63.5 Å². The summed E-state index contributed by atoms with van der Waals surface area (Å²) in [4.78, 5) is 8.86. The van der Waals surface area contributed by atoms with Gasteiger partial charge in [0, 0.05) is 39.4 Å². The van der Waals surface area contributed by atoms with Crippen LogP contribution in [0.5, 0.6) is 0 Å². The third-order valence-electron chi connectivity index (χ3n) is 4.79. The fourth-order valence-electron chi connectivity index (χ4n) is 3.33. The van der Waals surface area contributed by atoms with Crippen molar-refractivity contribution in [3.63, 3.8) is 0 Å². The molecule has 0 aliphatic heterocycles. The number of halogens is 1. The zero-order chi connectivity index (χ0) is 20.6. The first-order chi connectivity index (χ1) is 14.1. The first kappa shape index (κ1) is 20.8. The van der Waals surface area contributed by atoms with Gasteiger partial charge >= 0.3 is 0 Å². The summed E-state index contributed by atoms with van der Waals surface area (Å²) in [6.45, 7) is 4.52. The van der Waals surface area contributed by atoms with Crippen LogP contribution >= 0.6 is 0 Å². The normalized spacial score (nSPS) is 11.8. The maximum Gasteiger partial charge on any atom is 0.191 e. The van der Waals surface area contributed by atoms with Crippen LogP contribution in [0, 0.1) is 12.7 Å². The first-order valence-electron chi connectivity index (χ1n) is 9.75. The number of nitrogens with zero attached hydrogens (tertiary/aromatic N) is 3. The molecule has 1 heterocycles. The molecule has 0 bridgehead atoms. The van der Waals surface area contributed by atoms with Crippen LogP contribution in [0.25, 0.3) is 11.0 Å². The molecule has 7 heteroatoms. The zero-order valence-electron chi connectivity index (χ0n) is 17.2. The molecule has 0 aliphatic carbocycles. The summed E-state index contributed by atoms with van der Waals surface area (Å²) < 4.78 is 21.0. The van der Waals surface area contributed by atoms with E-state index in [0.717, 1.165) is 47.9 Å². The van der Waals surface area contributed by atoms with Gasteiger partial charge < -0.3 is 19.9 Å². The quantitative estimate of drug-likeness (QED) is 0.347. The lowest BCUT2D eigenvalue weighted by atomic mass is 10.1. The summed E-state index contributed by atoms with van der Waals surface area (Å²) in [5.74, 6) is 1.49. The Balaban J connectivity index is 1.48. The molecule has 0 fully saturated rings. The van der Waals surface area contributed by atoms with Crippen molar-refractivity contribution < 1.29 is 9.13 Å². The zero-order valence-corrected chi connectivity index (χ0v) is 17.2. The third-order valence-corrected chi connectivity index (χ3v) is 4.79. The second-order valence-corrected chi connectivity index (χ2v) is 6.86. The maximum absolute atomic E-state index is 13.7. The van der Waals surface area contributed by atoms with Crippen molar-refractivity contribution in [2.75, 3.05) is 20.7 Å². The van der Waals surface area contributed by atoms with Gasteiger partial charge in [-0.15, -0.1) is 0 Å². The fourth-order valence-corrected chi connectivity index (χ4v) is 3.33. The highest BCUT2D eigenvalue weighted by Crippen LogP contribution is 2.15. The highest BCUT2D eigenvalue weighted by atomic mass is 19.1. The van der Waals surface area contributed by atoms with Crippen molar-refractivity contribution in [2.24, 2.45) is 4.99 Å². The van der Waals surface area contributed by atoms with Gasteiger partial charge in [0.25, 0.3) is 0 Å². The van der Waals surface area contributed by atoms with Gasteiger partial charge in [-0.25, -0.2) is 9.37 Å². The van der Waals surface area contributed by atoms with E-state index in [0.29, 0.717) is 12.1 Å². The number of aryl methyl sites for hydroxylation is 2. The Kier molecular flexibility index (Phi) is 7.19. The molecule has 0 saturated heterocycles. The summed E-state index contributed by atoms with van der Waals surface area (Å²) in [6, 6.07) is 13.2. The smallest absolute Gasteiger partial charge is 0.191 e. The average molecular weight is 397 g/mol. The van der Waals surface area contributed by atoms with Crippen LogP contribution in [0.15, 0.2) is 47.5 Å². The summed E-state index contributed by atoms with van der Waals surface area (Å²) in [5, 5.41) is 6.59. The maximum atomic E-state index is 13.7. The minimum atomic E-state index is -0.250. The van der Waals surface area contributed by atoms with Gasteiger partial charge in [-0.1, -0.05) is 18.2 Å². The number of ether oxygens (including phenoxy) is 1. The molecule has 6 nitrogen and oxygen atoms in total. The molecule has 2 N–H and O–H groups in total.